The highest BCUT2D eigenvalue weighted by atomic mass is 16.2. The molecule has 1 unspecified atom stereocenters. The van der Waals surface area contributed by atoms with Crippen molar-refractivity contribution in [2.24, 2.45) is 0 Å². The van der Waals surface area contributed by atoms with Gasteiger partial charge in [-0.1, -0.05) is 32.6 Å². The van der Waals surface area contributed by atoms with Gasteiger partial charge in [-0.2, -0.15) is 0 Å². The molecule has 1 amide bonds. The maximum absolute atomic E-state index is 11.3. The largest absolute Gasteiger partial charge is 0.312 e. The first kappa shape index (κ1) is 11.7. The van der Waals surface area contributed by atoms with Crippen LogP contribution in [0.15, 0.2) is 0 Å². The van der Waals surface area contributed by atoms with Crippen molar-refractivity contribution in [3.05, 3.63) is 0 Å². The summed E-state index contributed by atoms with van der Waals surface area (Å²) in [5, 5.41) is 0. The molecule has 1 aliphatic rings. The van der Waals surface area contributed by atoms with E-state index in [4.69, 9.17) is 0 Å². The molecule has 82 valence electrons. The molecular weight excluding hydrogens is 174 g/mol. The first-order chi connectivity index (χ1) is 6.84. The van der Waals surface area contributed by atoms with Crippen molar-refractivity contribution in [1.29, 1.82) is 0 Å². The van der Waals surface area contributed by atoms with Gasteiger partial charge in [-0.25, -0.2) is 4.79 Å². The Morgan fingerprint density at radius 1 is 1.14 bits per heavy atom. The molecule has 1 rings (SSSR count). The van der Waals surface area contributed by atoms with E-state index in [0.29, 0.717) is 5.91 Å². The minimum atomic E-state index is 0.457. The van der Waals surface area contributed by atoms with Gasteiger partial charge in [-0.05, 0) is 12.8 Å². The third-order valence-corrected chi connectivity index (χ3v) is 3.11. The van der Waals surface area contributed by atoms with Crippen LogP contribution in [0.4, 0.5) is 0 Å². The van der Waals surface area contributed by atoms with Gasteiger partial charge in [-0.3, -0.25) is 4.90 Å². The minimum absolute atomic E-state index is 0.457. The molecule has 14 heavy (non-hydrogen) atoms. The zero-order chi connectivity index (χ0) is 10.2. The standard InChI is InChI=1S/C12H23NO/c1-2-3-4-5-6-7-10-13-11-8-9-12(13)14/h2-11H2,1H3/p+1. The topological polar surface area (TPSA) is 21.5 Å². The quantitative estimate of drug-likeness (QED) is 0.616. The van der Waals surface area contributed by atoms with Crippen LogP contribution in [0.3, 0.4) is 0 Å². The molecule has 1 atom stereocenters. The highest BCUT2D eigenvalue weighted by molar-refractivity contribution is 5.67. The van der Waals surface area contributed by atoms with E-state index in [1.54, 1.807) is 0 Å². The maximum Gasteiger partial charge on any atom is 0.312 e. The highest BCUT2D eigenvalue weighted by Gasteiger charge is 2.24. The second-order valence-corrected chi connectivity index (χ2v) is 4.40. The number of hydrogen-bond donors (Lipinski definition) is 1. The first-order valence-electron chi connectivity index (χ1n) is 6.22. The summed E-state index contributed by atoms with van der Waals surface area (Å²) in [6.45, 7) is 4.42. The van der Waals surface area contributed by atoms with Crippen molar-refractivity contribution in [3.63, 3.8) is 0 Å². The van der Waals surface area contributed by atoms with Gasteiger partial charge >= 0.3 is 5.91 Å². The lowest BCUT2D eigenvalue weighted by Gasteiger charge is -2.08. The Morgan fingerprint density at radius 3 is 2.50 bits per heavy atom. The van der Waals surface area contributed by atoms with Crippen LogP contribution in [-0.2, 0) is 4.79 Å². The molecule has 0 spiro atoms. The van der Waals surface area contributed by atoms with E-state index in [0.717, 1.165) is 25.9 Å². The predicted octanol–water partition coefficient (Wildman–Crippen LogP) is 1.55. The number of unbranched alkanes of at least 4 members (excludes halogenated alkanes) is 5. The van der Waals surface area contributed by atoms with Gasteiger partial charge in [0.05, 0.1) is 19.5 Å². The molecule has 0 radical (unpaired) electrons. The molecule has 0 aromatic rings. The molecule has 2 heteroatoms. The van der Waals surface area contributed by atoms with Crippen LogP contribution < -0.4 is 4.90 Å². The van der Waals surface area contributed by atoms with Crippen molar-refractivity contribution in [1.82, 2.24) is 0 Å². The number of quaternary nitrogens is 1. The van der Waals surface area contributed by atoms with Gasteiger partial charge in [0, 0.05) is 6.42 Å². The molecule has 0 aliphatic carbocycles. The fourth-order valence-electron chi connectivity index (χ4n) is 2.16. The molecule has 1 aliphatic heterocycles. The zero-order valence-corrected chi connectivity index (χ0v) is 9.48. The van der Waals surface area contributed by atoms with Crippen molar-refractivity contribution >= 4 is 5.91 Å². The predicted molar refractivity (Wildman–Crippen MR) is 58.3 cm³/mol. The molecule has 1 saturated heterocycles. The van der Waals surface area contributed by atoms with Crippen LogP contribution in [0.5, 0.6) is 0 Å². The molecule has 0 bridgehead atoms. The third kappa shape index (κ3) is 4.23. The monoisotopic (exact) mass is 198 g/mol. The Morgan fingerprint density at radius 2 is 1.86 bits per heavy atom. The lowest BCUT2D eigenvalue weighted by molar-refractivity contribution is -0.811. The molecule has 0 saturated carbocycles. The van der Waals surface area contributed by atoms with Gasteiger partial charge in [0.25, 0.3) is 0 Å². The fraction of sp³-hybridized carbons (Fsp3) is 0.917. The molecular formula is C12H24NO+. The number of carbonyl (C=O) groups is 1. The molecule has 1 heterocycles. The van der Waals surface area contributed by atoms with Gasteiger partial charge in [0.1, 0.15) is 0 Å². The van der Waals surface area contributed by atoms with Gasteiger partial charge < -0.3 is 0 Å². The average Bonchev–Trinajstić information content (AvgIpc) is 2.58. The Kier molecular flexibility index (Phi) is 5.85. The number of likely N-dealkylation sites (tertiary alicyclic amines) is 1. The normalized spacial score (nSPS) is 21.8. The van der Waals surface area contributed by atoms with Gasteiger partial charge in [-0.15, -0.1) is 0 Å². The summed E-state index contributed by atoms with van der Waals surface area (Å²) in [5.41, 5.74) is 0. The lowest BCUT2D eigenvalue weighted by atomic mass is 10.1. The second-order valence-electron chi connectivity index (χ2n) is 4.40. The van der Waals surface area contributed by atoms with E-state index >= 15 is 0 Å². The van der Waals surface area contributed by atoms with E-state index in [2.05, 4.69) is 6.92 Å². The molecule has 1 N–H and O–H groups in total. The van der Waals surface area contributed by atoms with E-state index < -0.39 is 0 Å². The van der Waals surface area contributed by atoms with Crippen molar-refractivity contribution in [3.8, 4) is 0 Å². The van der Waals surface area contributed by atoms with E-state index in [1.807, 2.05) is 0 Å². The van der Waals surface area contributed by atoms with Gasteiger partial charge in [0.15, 0.2) is 0 Å². The molecule has 0 aromatic carbocycles. The van der Waals surface area contributed by atoms with Crippen molar-refractivity contribution < 1.29 is 9.69 Å². The minimum Gasteiger partial charge on any atom is -0.272 e. The molecule has 2 nitrogen and oxygen atoms in total. The SMILES string of the molecule is CCCCCCCC[NH+]1CCCC1=O. The Hall–Kier alpha value is -0.370. The van der Waals surface area contributed by atoms with Crippen molar-refractivity contribution in [2.45, 2.75) is 58.3 Å². The van der Waals surface area contributed by atoms with Crippen LogP contribution in [0.2, 0.25) is 0 Å². The highest BCUT2D eigenvalue weighted by Crippen LogP contribution is 2.03. The zero-order valence-electron chi connectivity index (χ0n) is 9.48. The van der Waals surface area contributed by atoms with Crippen LogP contribution in [0.1, 0.15) is 58.3 Å². The lowest BCUT2D eigenvalue weighted by Crippen LogP contribution is -3.12. The van der Waals surface area contributed by atoms with Crippen LogP contribution >= 0.6 is 0 Å². The first-order valence-corrected chi connectivity index (χ1v) is 6.22. The smallest absolute Gasteiger partial charge is 0.272 e. The third-order valence-electron chi connectivity index (χ3n) is 3.11. The van der Waals surface area contributed by atoms with Crippen molar-refractivity contribution in [2.75, 3.05) is 13.1 Å². The summed E-state index contributed by atoms with van der Waals surface area (Å²) in [5.74, 6) is 0.457. The summed E-state index contributed by atoms with van der Waals surface area (Å²) in [7, 11) is 0. The summed E-state index contributed by atoms with van der Waals surface area (Å²) in [6.07, 6.45) is 9.91. The van der Waals surface area contributed by atoms with E-state index in [1.165, 1.54) is 43.4 Å². The average molecular weight is 198 g/mol. The van der Waals surface area contributed by atoms with Crippen LogP contribution in [0.25, 0.3) is 0 Å². The number of rotatable bonds is 7. The van der Waals surface area contributed by atoms with Crippen LogP contribution in [-0.4, -0.2) is 19.0 Å². The second kappa shape index (κ2) is 6.99. The van der Waals surface area contributed by atoms with Crippen LogP contribution in [0, 0.1) is 0 Å². The number of amides is 1. The fourth-order valence-corrected chi connectivity index (χ4v) is 2.16. The van der Waals surface area contributed by atoms with Gasteiger partial charge in [0.2, 0.25) is 0 Å². The van der Waals surface area contributed by atoms with E-state index in [-0.39, 0.29) is 0 Å². The van der Waals surface area contributed by atoms with E-state index in [9.17, 15) is 4.79 Å². The Labute approximate surface area is 87.7 Å². The summed E-state index contributed by atoms with van der Waals surface area (Å²) >= 11 is 0. The summed E-state index contributed by atoms with van der Waals surface area (Å²) in [6, 6.07) is 0. The maximum atomic E-state index is 11.3. The molecule has 1 fully saturated rings. The number of carbonyl (C=O) groups excluding carboxylic acids is 1. The Bertz CT molecular complexity index is 168. The number of hydrogen-bond acceptors (Lipinski definition) is 1. The molecule has 0 aromatic heterocycles. The number of nitrogens with one attached hydrogen (secondary N) is 1. The Balaban J connectivity index is 1.90. The summed E-state index contributed by atoms with van der Waals surface area (Å²) < 4.78 is 0. The summed E-state index contributed by atoms with van der Waals surface area (Å²) in [4.78, 5) is 12.5.